The molecule has 0 fully saturated rings. The third kappa shape index (κ3) is 4.42. The molecule has 2 amide bonds. The van der Waals surface area contributed by atoms with Gasteiger partial charge in [-0.2, -0.15) is 0 Å². The van der Waals surface area contributed by atoms with Gasteiger partial charge in [0.05, 0.1) is 5.69 Å². The zero-order valence-corrected chi connectivity index (χ0v) is 14.8. The van der Waals surface area contributed by atoms with Crippen LogP contribution in [0.5, 0.6) is 0 Å². The van der Waals surface area contributed by atoms with Crippen LogP contribution in [0.1, 0.15) is 22.8 Å². The summed E-state index contributed by atoms with van der Waals surface area (Å²) in [6, 6.07) is 15.0. The van der Waals surface area contributed by atoms with E-state index < -0.39 is 0 Å². The van der Waals surface area contributed by atoms with Gasteiger partial charge in [-0.1, -0.05) is 30.3 Å². The van der Waals surface area contributed by atoms with Gasteiger partial charge in [-0.15, -0.1) is 0 Å². The minimum atomic E-state index is -0.126. The van der Waals surface area contributed by atoms with E-state index in [9.17, 15) is 9.59 Å². The highest BCUT2D eigenvalue weighted by molar-refractivity contribution is 9.10. The van der Waals surface area contributed by atoms with Crippen LogP contribution < -0.4 is 10.2 Å². The summed E-state index contributed by atoms with van der Waals surface area (Å²) in [6.45, 7) is 4.21. The molecule has 120 valence electrons. The van der Waals surface area contributed by atoms with Crippen LogP contribution in [0.3, 0.4) is 0 Å². The van der Waals surface area contributed by atoms with Gasteiger partial charge in [0.25, 0.3) is 5.91 Å². The lowest BCUT2D eigenvalue weighted by atomic mass is 10.1. The number of carbonyl (C=O) groups is 2. The molecule has 4 nitrogen and oxygen atoms in total. The molecule has 23 heavy (non-hydrogen) atoms. The highest BCUT2D eigenvalue weighted by Crippen LogP contribution is 2.25. The molecule has 0 aliphatic carbocycles. The molecular formula is C18H19BrN2O2. The first kappa shape index (κ1) is 17.2. The van der Waals surface area contributed by atoms with Gasteiger partial charge in [0.2, 0.25) is 5.91 Å². The fourth-order valence-electron chi connectivity index (χ4n) is 2.32. The van der Waals surface area contributed by atoms with Crippen LogP contribution in [0.25, 0.3) is 0 Å². The van der Waals surface area contributed by atoms with E-state index in [1.807, 2.05) is 49.4 Å². The lowest BCUT2D eigenvalue weighted by molar-refractivity contribution is -0.116. The number of nitrogens with zero attached hydrogens (tertiary/aromatic N) is 1. The maximum atomic E-state index is 12.2. The molecule has 0 aliphatic rings. The van der Waals surface area contributed by atoms with Crippen molar-refractivity contribution >= 4 is 33.4 Å². The molecule has 0 aliphatic heterocycles. The minimum Gasteiger partial charge on any atom is -0.350 e. The van der Waals surface area contributed by atoms with Gasteiger partial charge in [0.1, 0.15) is 0 Å². The Kier molecular flexibility index (Phi) is 5.93. The molecule has 0 saturated heterocycles. The van der Waals surface area contributed by atoms with Gasteiger partial charge in [-0.25, -0.2) is 0 Å². The first-order valence-corrected chi connectivity index (χ1v) is 8.16. The van der Waals surface area contributed by atoms with E-state index in [0.717, 1.165) is 15.7 Å². The topological polar surface area (TPSA) is 49.4 Å². The fraction of sp³-hybridized carbons (Fsp3) is 0.222. The van der Waals surface area contributed by atoms with Crippen LogP contribution >= 0.6 is 15.9 Å². The lowest BCUT2D eigenvalue weighted by Crippen LogP contribution is -2.37. The molecule has 0 heterocycles. The average molecular weight is 375 g/mol. The number of amides is 2. The third-order valence-corrected chi connectivity index (χ3v) is 4.20. The largest absolute Gasteiger partial charge is 0.350 e. The van der Waals surface area contributed by atoms with Crippen molar-refractivity contribution in [3.63, 3.8) is 0 Å². The Hall–Kier alpha value is -2.14. The number of aryl methyl sites for hydroxylation is 1. The van der Waals surface area contributed by atoms with Crippen molar-refractivity contribution in [3.8, 4) is 0 Å². The van der Waals surface area contributed by atoms with E-state index in [1.54, 1.807) is 11.0 Å². The smallest absolute Gasteiger partial charge is 0.251 e. The number of benzene rings is 2. The Balaban J connectivity index is 2.01. The molecule has 1 N–H and O–H groups in total. The number of halogens is 1. The SMILES string of the molecule is CC(=O)N(CCNC(=O)c1ccccc1C)c1ccccc1Br. The zero-order valence-electron chi connectivity index (χ0n) is 13.2. The molecule has 0 aromatic heterocycles. The van der Waals surface area contributed by atoms with Gasteiger partial charge in [0, 0.05) is 30.0 Å². The first-order chi connectivity index (χ1) is 11.0. The molecule has 0 radical (unpaired) electrons. The van der Waals surface area contributed by atoms with E-state index in [4.69, 9.17) is 0 Å². The van der Waals surface area contributed by atoms with Crippen molar-refractivity contribution < 1.29 is 9.59 Å². The molecule has 0 bridgehead atoms. The highest BCUT2D eigenvalue weighted by atomic mass is 79.9. The van der Waals surface area contributed by atoms with E-state index in [2.05, 4.69) is 21.2 Å². The summed E-state index contributed by atoms with van der Waals surface area (Å²) < 4.78 is 0.848. The predicted octanol–water partition coefficient (Wildman–Crippen LogP) is 3.54. The van der Waals surface area contributed by atoms with E-state index >= 15 is 0 Å². The third-order valence-electron chi connectivity index (χ3n) is 3.53. The van der Waals surface area contributed by atoms with Crippen molar-refractivity contribution in [3.05, 3.63) is 64.1 Å². The molecule has 2 aromatic carbocycles. The molecule has 0 saturated carbocycles. The van der Waals surface area contributed by atoms with Crippen molar-refractivity contribution in [2.75, 3.05) is 18.0 Å². The monoisotopic (exact) mass is 374 g/mol. The number of nitrogens with one attached hydrogen (secondary N) is 1. The number of anilines is 1. The fourth-order valence-corrected chi connectivity index (χ4v) is 2.82. The number of hydrogen-bond acceptors (Lipinski definition) is 2. The second-order valence-corrected chi connectivity index (χ2v) is 6.05. The summed E-state index contributed by atoms with van der Waals surface area (Å²) in [4.78, 5) is 25.7. The average Bonchev–Trinajstić information content (AvgIpc) is 2.52. The summed E-state index contributed by atoms with van der Waals surface area (Å²) in [5.41, 5.74) is 2.38. The summed E-state index contributed by atoms with van der Waals surface area (Å²) in [5.74, 6) is -0.194. The number of rotatable bonds is 5. The minimum absolute atomic E-state index is 0.0676. The maximum Gasteiger partial charge on any atom is 0.251 e. The molecule has 0 unspecified atom stereocenters. The van der Waals surface area contributed by atoms with Crippen LogP contribution in [-0.2, 0) is 4.79 Å². The standard InChI is InChI=1S/C18H19BrN2O2/c1-13-7-3-4-8-15(13)18(23)20-11-12-21(14(2)22)17-10-6-5-9-16(17)19/h3-10H,11-12H2,1-2H3,(H,20,23). The highest BCUT2D eigenvalue weighted by Gasteiger charge is 2.14. The summed E-state index contributed by atoms with van der Waals surface area (Å²) in [7, 11) is 0. The van der Waals surface area contributed by atoms with Gasteiger partial charge in [-0.3, -0.25) is 9.59 Å². The van der Waals surface area contributed by atoms with Crippen molar-refractivity contribution in [1.82, 2.24) is 5.32 Å². The van der Waals surface area contributed by atoms with E-state index in [-0.39, 0.29) is 11.8 Å². The summed E-state index contributed by atoms with van der Waals surface area (Å²) in [5, 5.41) is 2.87. The van der Waals surface area contributed by atoms with Crippen LogP contribution in [0.2, 0.25) is 0 Å². The Morgan fingerprint density at radius 2 is 1.74 bits per heavy atom. The maximum absolute atomic E-state index is 12.2. The van der Waals surface area contributed by atoms with Gasteiger partial charge < -0.3 is 10.2 Å². The van der Waals surface area contributed by atoms with Gasteiger partial charge in [0.15, 0.2) is 0 Å². The normalized spacial score (nSPS) is 10.2. The van der Waals surface area contributed by atoms with Crippen LogP contribution in [0.4, 0.5) is 5.69 Å². The van der Waals surface area contributed by atoms with Crippen molar-refractivity contribution in [1.29, 1.82) is 0 Å². The Labute approximate surface area is 144 Å². The second kappa shape index (κ2) is 7.92. The molecule has 2 rings (SSSR count). The number of hydrogen-bond donors (Lipinski definition) is 1. The Morgan fingerprint density at radius 1 is 1.09 bits per heavy atom. The molecule has 5 heteroatoms. The van der Waals surface area contributed by atoms with E-state index in [0.29, 0.717) is 18.7 Å². The molecule has 2 aromatic rings. The van der Waals surface area contributed by atoms with Crippen LogP contribution in [-0.4, -0.2) is 24.9 Å². The number of carbonyl (C=O) groups excluding carboxylic acids is 2. The zero-order chi connectivity index (χ0) is 16.8. The first-order valence-electron chi connectivity index (χ1n) is 7.37. The molecular weight excluding hydrogens is 356 g/mol. The van der Waals surface area contributed by atoms with Gasteiger partial charge in [-0.05, 0) is 46.6 Å². The Morgan fingerprint density at radius 3 is 2.39 bits per heavy atom. The summed E-state index contributed by atoms with van der Waals surface area (Å²) >= 11 is 3.45. The molecule has 0 spiro atoms. The van der Waals surface area contributed by atoms with Gasteiger partial charge >= 0.3 is 0 Å². The van der Waals surface area contributed by atoms with Crippen LogP contribution in [0.15, 0.2) is 53.0 Å². The van der Waals surface area contributed by atoms with Crippen molar-refractivity contribution in [2.24, 2.45) is 0 Å². The summed E-state index contributed by atoms with van der Waals surface area (Å²) in [6.07, 6.45) is 0. The predicted molar refractivity (Wildman–Crippen MR) is 95.7 cm³/mol. The van der Waals surface area contributed by atoms with Crippen LogP contribution in [0, 0.1) is 6.92 Å². The van der Waals surface area contributed by atoms with Crippen molar-refractivity contribution in [2.45, 2.75) is 13.8 Å². The Bertz CT molecular complexity index is 716. The molecule has 0 atom stereocenters. The van der Waals surface area contributed by atoms with E-state index in [1.165, 1.54) is 6.92 Å². The lowest BCUT2D eigenvalue weighted by Gasteiger charge is -2.22. The second-order valence-electron chi connectivity index (χ2n) is 5.19. The number of para-hydroxylation sites is 1. The quantitative estimate of drug-likeness (QED) is 0.869.